The van der Waals surface area contributed by atoms with Crippen molar-refractivity contribution < 1.29 is 14.3 Å². The molecule has 1 aliphatic heterocycles. The molecular formula is C17H19NO3. The molecule has 0 radical (unpaired) electrons. The molecule has 0 aromatic heterocycles. The molecule has 1 aromatic rings. The molecule has 4 rings (SSSR count). The van der Waals surface area contributed by atoms with Crippen LogP contribution in [-0.4, -0.2) is 18.0 Å². The summed E-state index contributed by atoms with van der Waals surface area (Å²) in [5.41, 5.74) is 2.99. The first-order valence-corrected chi connectivity index (χ1v) is 7.64. The van der Waals surface area contributed by atoms with Gasteiger partial charge in [-0.2, -0.15) is 0 Å². The van der Waals surface area contributed by atoms with Crippen molar-refractivity contribution in [2.75, 3.05) is 5.32 Å². The van der Waals surface area contributed by atoms with E-state index in [9.17, 15) is 9.59 Å². The zero-order valence-electron chi connectivity index (χ0n) is 12.3. The maximum absolute atomic E-state index is 12.7. The Morgan fingerprint density at radius 3 is 2.67 bits per heavy atom. The monoisotopic (exact) mass is 285 g/mol. The van der Waals surface area contributed by atoms with E-state index in [-0.39, 0.29) is 35.7 Å². The van der Waals surface area contributed by atoms with E-state index in [0.717, 1.165) is 29.7 Å². The molecule has 4 nitrogen and oxygen atoms in total. The van der Waals surface area contributed by atoms with Gasteiger partial charge in [-0.3, -0.25) is 9.59 Å². The number of fused-ring (bicyclic) bond motifs is 1. The zero-order chi connectivity index (χ0) is 14.7. The third-order valence-electron chi connectivity index (χ3n) is 5.52. The summed E-state index contributed by atoms with van der Waals surface area (Å²) in [4.78, 5) is 24.7. The summed E-state index contributed by atoms with van der Waals surface area (Å²) in [6, 6.07) is 5.96. The van der Waals surface area contributed by atoms with E-state index < -0.39 is 0 Å². The van der Waals surface area contributed by atoms with Gasteiger partial charge >= 0.3 is 5.97 Å². The van der Waals surface area contributed by atoms with Gasteiger partial charge in [-0.25, -0.2) is 0 Å². The number of hydrogen-bond acceptors (Lipinski definition) is 3. The van der Waals surface area contributed by atoms with Crippen LogP contribution in [0.4, 0.5) is 5.69 Å². The van der Waals surface area contributed by atoms with Gasteiger partial charge in [0.2, 0.25) is 5.91 Å². The first kappa shape index (κ1) is 12.9. The Bertz CT molecular complexity index is 617. The van der Waals surface area contributed by atoms with Crippen molar-refractivity contribution >= 4 is 17.6 Å². The highest BCUT2D eigenvalue weighted by atomic mass is 16.6. The molecule has 1 amide bonds. The van der Waals surface area contributed by atoms with Gasteiger partial charge in [-0.05, 0) is 43.7 Å². The number of nitrogens with one attached hydrogen (secondary N) is 1. The van der Waals surface area contributed by atoms with Gasteiger partial charge < -0.3 is 10.1 Å². The molecule has 21 heavy (non-hydrogen) atoms. The molecule has 1 aromatic carbocycles. The molecule has 0 spiro atoms. The first-order chi connectivity index (χ1) is 10.1. The first-order valence-electron chi connectivity index (χ1n) is 7.64. The number of carbonyl (C=O) groups is 2. The fourth-order valence-electron chi connectivity index (χ4n) is 4.58. The second-order valence-corrected chi connectivity index (χ2v) is 6.68. The third-order valence-corrected chi connectivity index (χ3v) is 5.52. The van der Waals surface area contributed by atoms with Gasteiger partial charge in [0.15, 0.2) is 0 Å². The van der Waals surface area contributed by atoms with E-state index in [0.29, 0.717) is 5.92 Å². The fourth-order valence-corrected chi connectivity index (χ4v) is 4.58. The van der Waals surface area contributed by atoms with Crippen LogP contribution in [0.2, 0.25) is 0 Å². The fraction of sp³-hybridized carbons (Fsp3) is 0.529. The Morgan fingerprint density at radius 2 is 1.95 bits per heavy atom. The molecule has 2 aliphatic carbocycles. The normalized spacial score (nSPS) is 35.9. The Labute approximate surface area is 123 Å². The Hall–Kier alpha value is -1.84. The van der Waals surface area contributed by atoms with Crippen molar-refractivity contribution in [3.8, 4) is 0 Å². The number of benzene rings is 1. The number of rotatable bonds is 2. The van der Waals surface area contributed by atoms with Crippen LogP contribution in [0.1, 0.15) is 24.0 Å². The number of carbonyl (C=O) groups excluding carboxylic acids is 2. The van der Waals surface area contributed by atoms with E-state index >= 15 is 0 Å². The van der Waals surface area contributed by atoms with Crippen LogP contribution in [0.15, 0.2) is 18.2 Å². The number of amides is 1. The van der Waals surface area contributed by atoms with Gasteiger partial charge in [-0.15, -0.1) is 0 Å². The predicted molar refractivity (Wildman–Crippen MR) is 77.6 cm³/mol. The van der Waals surface area contributed by atoms with Crippen LogP contribution in [-0.2, 0) is 14.3 Å². The van der Waals surface area contributed by atoms with Crippen molar-refractivity contribution in [1.29, 1.82) is 0 Å². The molecule has 2 bridgehead atoms. The molecule has 5 atom stereocenters. The summed E-state index contributed by atoms with van der Waals surface area (Å²) in [5.74, 6) is -0.0100. The lowest BCUT2D eigenvalue weighted by molar-refractivity contribution is -0.145. The average Bonchev–Trinajstić information content (AvgIpc) is 3.04. The highest BCUT2D eigenvalue weighted by molar-refractivity contribution is 5.97. The molecule has 110 valence electrons. The minimum atomic E-state index is -0.210. The lowest BCUT2D eigenvalue weighted by Crippen LogP contribution is -2.36. The third kappa shape index (κ3) is 1.74. The second kappa shape index (κ2) is 4.33. The van der Waals surface area contributed by atoms with Gasteiger partial charge in [0, 0.05) is 11.6 Å². The van der Waals surface area contributed by atoms with E-state index in [4.69, 9.17) is 4.74 Å². The summed E-state index contributed by atoms with van der Waals surface area (Å²) in [6.07, 6.45) is 1.90. The van der Waals surface area contributed by atoms with Crippen molar-refractivity contribution in [3.63, 3.8) is 0 Å². The molecular weight excluding hydrogens is 266 g/mol. The van der Waals surface area contributed by atoms with E-state index in [1.807, 2.05) is 32.0 Å². The molecule has 1 N–H and O–H groups in total. The molecule has 0 unspecified atom stereocenters. The standard InChI is InChI=1S/C17H19NO3/c1-8-4-3-5-9(2)15(8)18-16(19)13-10-6-11-12(7-10)21-17(20)14(11)13/h3-5,10-14H,6-7H2,1-2H3,(H,18,19)/t10-,11+,12-,13-,14-/m0/s1. The van der Waals surface area contributed by atoms with Gasteiger partial charge in [0.05, 0.1) is 11.8 Å². The molecule has 3 fully saturated rings. The number of para-hydroxylation sites is 1. The minimum absolute atomic E-state index is 0.0119. The van der Waals surface area contributed by atoms with Crippen LogP contribution in [0, 0.1) is 37.5 Å². The van der Waals surface area contributed by atoms with Crippen molar-refractivity contribution in [2.24, 2.45) is 23.7 Å². The predicted octanol–water partition coefficient (Wildman–Crippen LogP) is 2.44. The quantitative estimate of drug-likeness (QED) is 0.849. The molecule has 4 heteroatoms. The molecule has 2 saturated carbocycles. The second-order valence-electron chi connectivity index (χ2n) is 6.68. The molecule has 1 saturated heterocycles. The lowest BCUT2D eigenvalue weighted by atomic mass is 9.79. The zero-order valence-corrected chi connectivity index (χ0v) is 12.3. The molecule has 1 heterocycles. The topological polar surface area (TPSA) is 55.4 Å². The van der Waals surface area contributed by atoms with E-state index in [2.05, 4.69) is 5.32 Å². The minimum Gasteiger partial charge on any atom is -0.462 e. The van der Waals surface area contributed by atoms with Crippen LogP contribution >= 0.6 is 0 Å². The van der Waals surface area contributed by atoms with Gasteiger partial charge in [0.1, 0.15) is 6.10 Å². The number of ether oxygens (including phenoxy) is 1. The van der Waals surface area contributed by atoms with Crippen molar-refractivity contribution in [3.05, 3.63) is 29.3 Å². The Kier molecular flexibility index (Phi) is 2.65. The lowest BCUT2D eigenvalue weighted by Gasteiger charge is -2.24. The largest absolute Gasteiger partial charge is 0.462 e. The molecule has 3 aliphatic rings. The highest BCUT2D eigenvalue weighted by Gasteiger charge is 2.63. The maximum Gasteiger partial charge on any atom is 0.310 e. The van der Waals surface area contributed by atoms with Crippen LogP contribution < -0.4 is 5.32 Å². The summed E-state index contributed by atoms with van der Waals surface area (Å²) < 4.78 is 5.40. The average molecular weight is 285 g/mol. The van der Waals surface area contributed by atoms with E-state index in [1.165, 1.54) is 0 Å². The Morgan fingerprint density at radius 1 is 1.24 bits per heavy atom. The van der Waals surface area contributed by atoms with Crippen molar-refractivity contribution in [1.82, 2.24) is 0 Å². The van der Waals surface area contributed by atoms with Crippen LogP contribution in [0.5, 0.6) is 0 Å². The Balaban J connectivity index is 1.60. The number of aryl methyl sites for hydroxylation is 2. The SMILES string of the molecule is Cc1cccc(C)c1NC(=O)[C@H]1[C@H]2C[C@H]3[C@@H]1C(=O)O[C@H]3C2. The summed E-state index contributed by atoms with van der Waals surface area (Å²) >= 11 is 0. The summed E-state index contributed by atoms with van der Waals surface area (Å²) in [5, 5.41) is 3.06. The van der Waals surface area contributed by atoms with Crippen LogP contribution in [0.25, 0.3) is 0 Å². The highest BCUT2D eigenvalue weighted by Crippen LogP contribution is 2.57. The van der Waals surface area contributed by atoms with Gasteiger partial charge in [0.25, 0.3) is 0 Å². The number of hydrogen-bond donors (Lipinski definition) is 1. The van der Waals surface area contributed by atoms with Gasteiger partial charge in [-0.1, -0.05) is 18.2 Å². The number of esters is 1. The van der Waals surface area contributed by atoms with Crippen molar-refractivity contribution in [2.45, 2.75) is 32.8 Å². The number of anilines is 1. The summed E-state index contributed by atoms with van der Waals surface area (Å²) in [7, 11) is 0. The smallest absolute Gasteiger partial charge is 0.310 e. The van der Waals surface area contributed by atoms with Crippen LogP contribution in [0.3, 0.4) is 0 Å². The van der Waals surface area contributed by atoms with E-state index in [1.54, 1.807) is 0 Å². The summed E-state index contributed by atoms with van der Waals surface area (Å²) in [6.45, 7) is 3.98. The maximum atomic E-state index is 12.7.